The van der Waals surface area contributed by atoms with Crippen LogP contribution in [0.5, 0.6) is 5.75 Å². The number of para-hydroxylation sites is 1. The number of carbonyl (C=O) groups excluding carboxylic acids is 2. The van der Waals surface area contributed by atoms with E-state index in [0.717, 1.165) is 16.3 Å². The highest BCUT2D eigenvalue weighted by atomic mass is 35.5. The molecule has 0 bridgehead atoms. The fourth-order valence-corrected chi connectivity index (χ4v) is 5.73. The third-order valence-electron chi connectivity index (χ3n) is 6.60. The summed E-state index contributed by atoms with van der Waals surface area (Å²) in [6.07, 6.45) is 1.07. The van der Waals surface area contributed by atoms with Gasteiger partial charge in [-0.3, -0.25) is 13.9 Å². The Balaban J connectivity index is 2.04. The molecule has 0 unspecified atom stereocenters. The fraction of sp³-hybridized carbons (Fsp3) is 0.333. The summed E-state index contributed by atoms with van der Waals surface area (Å²) in [6.45, 7) is 5.27. The molecule has 0 saturated heterocycles. The number of anilines is 1. The summed E-state index contributed by atoms with van der Waals surface area (Å²) < 4.78 is 34.0. The lowest BCUT2D eigenvalue weighted by molar-refractivity contribution is -0.140. The first kappa shape index (κ1) is 31.0. The first-order valence-corrected chi connectivity index (χ1v) is 15.0. The van der Waals surface area contributed by atoms with Crippen LogP contribution in [0.2, 0.25) is 5.02 Å². The highest BCUT2D eigenvalue weighted by Crippen LogP contribution is 2.26. The number of methoxy groups -OCH3 is 1. The second-order valence-electron chi connectivity index (χ2n) is 9.42. The van der Waals surface area contributed by atoms with E-state index < -0.39 is 28.5 Å². The maximum absolute atomic E-state index is 14.1. The van der Waals surface area contributed by atoms with Crippen LogP contribution >= 0.6 is 11.6 Å². The molecule has 3 rings (SSSR count). The van der Waals surface area contributed by atoms with Crippen LogP contribution in [0, 0.1) is 0 Å². The topological polar surface area (TPSA) is 96.0 Å². The van der Waals surface area contributed by atoms with Crippen molar-refractivity contribution >= 4 is 39.1 Å². The van der Waals surface area contributed by atoms with Crippen molar-refractivity contribution < 1.29 is 22.7 Å². The van der Waals surface area contributed by atoms with Crippen molar-refractivity contribution in [2.24, 2.45) is 0 Å². The molecule has 0 radical (unpaired) electrons. The second-order valence-corrected chi connectivity index (χ2v) is 11.7. The first-order valence-electron chi connectivity index (χ1n) is 13.2. The number of nitrogens with zero attached hydrogens (tertiary/aromatic N) is 2. The van der Waals surface area contributed by atoms with Crippen molar-refractivity contribution in [2.75, 3.05) is 18.0 Å². The summed E-state index contributed by atoms with van der Waals surface area (Å²) in [7, 11) is -2.60. The van der Waals surface area contributed by atoms with Gasteiger partial charge in [-0.2, -0.15) is 0 Å². The van der Waals surface area contributed by atoms with Gasteiger partial charge in [-0.15, -0.1) is 0 Å². The minimum absolute atomic E-state index is 0.00514. The molecule has 0 aliphatic heterocycles. The van der Waals surface area contributed by atoms with Crippen LogP contribution in [0.25, 0.3) is 0 Å². The zero-order chi connectivity index (χ0) is 29.3. The molecule has 8 nitrogen and oxygen atoms in total. The SMILES string of the molecule is CC[C@H](C(=O)N[C@@H](C)CC)N(Cc1cccc(OC)c1)C(=O)CN(c1ccccc1)S(=O)(=O)c1ccc(Cl)cc1. The molecule has 3 aromatic carbocycles. The lowest BCUT2D eigenvalue weighted by atomic mass is 10.1. The standard InChI is InChI=1S/C30H36ClN3O5S/c1-5-22(3)32-30(36)28(6-2)33(20-23-11-10-14-26(19-23)39-4)29(35)21-34(25-12-8-7-9-13-25)40(37,38)27-17-15-24(31)16-18-27/h7-19,22,28H,5-6,20-21H2,1-4H3,(H,32,36)/t22-,28+/m0/s1. The minimum Gasteiger partial charge on any atom is -0.497 e. The zero-order valence-corrected chi connectivity index (χ0v) is 24.8. The lowest BCUT2D eigenvalue weighted by Crippen LogP contribution is -2.53. The van der Waals surface area contributed by atoms with Crippen molar-refractivity contribution in [1.29, 1.82) is 0 Å². The molecule has 0 saturated carbocycles. The van der Waals surface area contributed by atoms with E-state index in [-0.39, 0.29) is 23.4 Å². The number of nitrogens with one attached hydrogen (secondary N) is 1. The van der Waals surface area contributed by atoms with Gasteiger partial charge in [0, 0.05) is 17.6 Å². The maximum Gasteiger partial charge on any atom is 0.264 e. The number of benzene rings is 3. The van der Waals surface area contributed by atoms with Gasteiger partial charge < -0.3 is 15.0 Å². The van der Waals surface area contributed by atoms with Crippen molar-refractivity contribution in [1.82, 2.24) is 10.2 Å². The maximum atomic E-state index is 14.1. The number of ether oxygens (including phenoxy) is 1. The average Bonchev–Trinajstić information content (AvgIpc) is 2.96. The first-order chi connectivity index (χ1) is 19.1. The van der Waals surface area contributed by atoms with Gasteiger partial charge in [0.05, 0.1) is 17.7 Å². The number of rotatable bonds is 13. The van der Waals surface area contributed by atoms with Crippen LogP contribution in [-0.2, 0) is 26.2 Å². The van der Waals surface area contributed by atoms with E-state index in [9.17, 15) is 18.0 Å². The molecule has 2 amide bonds. The van der Waals surface area contributed by atoms with Gasteiger partial charge >= 0.3 is 0 Å². The van der Waals surface area contributed by atoms with E-state index in [2.05, 4.69) is 5.32 Å². The minimum atomic E-state index is -4.15. The molecule has 2 atom stereocenters. The number of sulfonamides is 1. The van der Waals surface area contributed by atoms with Crippen molar-refractivity contribution in [3.63, 3.8) is 0 Å². The summed E-state index contributed by atoms with van der Waals surface area (Å²) >= 11 is 5.99. The number of halogens is 1. The predicted octanol–water partition coefficient (Wildman–Crippen LogP) is 5.27. The molecule has 40 heavy (non-hydrogen) atoms. The van der Waals surface area contributed by atoms with Gasteiger partial charge in [0.2, 0.25) is 11.8 Å². The highest BCUT2D eigenvalue weighted by Gasteiger charge is 2.34. The third-order valence-corrected chi connectivity index (χ3v) is 8.64. The Bertz CT molecular complexity index is 1380. The Kier molecular flexibility index (Phi) is 11.0. The van der Waals surface area contributed by atoms with Crippen LogP contribution in [0.3, 0.4) is 0 Å². The molecule has 10 heteroatoms. The van der Waals surface area contributed by atoms with Crippen molar-refractivity contribution in [2.45, 2.75) is 57.1 Å². The Labute approximate surface area is 241 Å². The number of amides is 2. The largest absolute Gasteiger partial charge is 0.497 e. The molecule has 0 aromatic heterocycles. The Hall–Kier alpha value is -3.56. The average molecular weight is 586 g/mol. The zero-order valence-electron chi connectivity index (χ0n) is 23.2. The summed E-state index contributed by atoms with van der Waals surface area (Å²) in [5.41, 5.74) is 1.07. The van der Waals surface area contributed by atoms with Gasteiger partial charge in [-0.05, 0) is 73.9 Å². The molecule has 0 spiro atoms. The van der Waals surface area contributed by atoms with Crippen LogP contribution in [0.15, 0.2) is 83.8 Å². The molecule has 0 aliphatic rings. The van der Waals surface area contributed by atoms with Crippen LogP contribution in [0.4, 0.5) is 5.69 Å². The van der Waals surface area contributed by atoms with Gasteiger partial charge in [0.15, 0.2) is 0 Å². The predicted molar refractivity (Wildman–Crippen MR) is 158 cm³/mol. The van der Waals surface area contributed by atoms with E-state index >= 15 is 0 Å². The van der Waals surface area contributed by atoms with E-state index in [1.54, 1.807) is 55.6 Å². The Morgan fingerprint density at radius 3 is 2.23 bits per heavy atom. The monoisotopic (exact) mass is 585 g/mol. The number of hydrogen-bond acceptors (Lipinski definition) is 5. The summed E-state index contributed by atoms with van der Waals surface area (Å²) in [5.74, 6) is -0.200. The van der Waals surface area contributed by atoms with Crippen LogP contribution < -0.4 is 14.4 Å². The molecule has 0 heterocycles. The quantitative estimate of drug-likeness (QED) is 0.295. The lowest BCUT2D eigenvalue weighted by Gasteiger charge is -2.33. The highest BCUT2D eigenvalue weighted by molar-refractivity contribution is 7.92. The van der Waals surface area contributed by atoms with E-state index in [0.29, 0.717) is 22.9 Å². The van der Waals surface area contributed by atoms with Gasteiger partial charge in [-0.1, -0.05) is 55.8 Å². The molecular formula is C30H36ClN3O5S. The summed E-state index contributed by atoms with van der Waals surface area (Å²) in [4.78, 5) is 28.8. The normalized spacial score (nSPS) is 12.7. The summed E-state index contributed by atoms with van der Waals surface area (Å²) in [5, 5.41) is 3.36. The molecular weight excluding hydrogens is 550 g/mol. The van der Waals surface area contributed by atoms with Crippen molar-refractivity contribution in [3.05, 3.63) is 89.4 Å². The molecule has 0 aliphatic carbocycles. The van der Waals surface area contributed by atoms with Crippen molar-refractivity contribution in [3.8, 4) is 5.75 Å². The second kappa shape index (κ2) is 14.2. The Morgan fingerprint density at radius 2 is 1.62 bits per heavy atom. The van der Waals surface area contributed by atoms with Gasteiger partial charge in [0.1, 0.15) is 18.3 Å². The molecule has 0 fully saturated rings. The third kappa shape index (κ3) is 7.76. The molecule has 214 valence electrons. The van der Waals surface area contributed by atoms with Crippen LogP contribution in [-0.4, -0.2) is 50.9 Å². The molecule has 3 aromatic rings. The smallest absolute Gasteiger partial charge is 0.264 e. The van der Waals surface area contributed by atoms with Crippen LogP contribution in [0.1, 0.15) is 39.2 Å². The Morgan fingerprint density at radius 1 is 0.950 bits per heavy atom. The molecule has 1 N–H and O–H groups in total. The summed E-state index contributed by atoms with van der Waals surface area (Å²) in [6, 6.07) is 20.5. The number of hydrogen-bond donors (Lipinski definition) is 1. The fourth-order valence-electron chi connectivity index (χ4n) is 4.18. The number of carbonyl (C=O) groups is 2. The van der Waals surface area contributed by atoms with Gasteiger partial charge in [0.25, 0.3) is 10.0 Å². The van der Waals surface area contributed by atoms with E-state index in [4.69, 9.17) is 16.3 Å². The van der Waals surface area contributed by atoms with E-state index in [1.807, 2.05) is 26.8 Å². The van der Waals surface area contributed by atoms with Gasteiger partial charge in [-0.25, -0.2) is 8.42 Å². The van der Waals surface area contributed by atoms with E-state index in [1.165, 1.54) is 29.2 Å².